The summed E-state index contributed by atoms with van der Waals surface area (Å²) in [6.45, 7) is 5.43. The summed E-state index contributed by atoms with van der Waals surface area (Å²) in [5.74, 6) is -0.141. The lowest BCUT2D eigenvalue weighted by molar-refractivity contribution is -0.142. The third-order valence-corrected chi connectivity index (χ3v) is 4.31. The smallest absolute Gasteiger partial charge is 0.437 e. The topological polar surface area (TPSA) is 57.5 Å². The molecule has 8 heteroatoms. The molecule has 25 heavy (non-hydrogen) atoms. The maximum atomic E-state index is 12.9. The Morgan fingerprint density at radius 1 is 1.12 bits per heavy atom. The molecule has 0 unspecified atom stereocenters. The predicted molar refractivity (Wildman–Crippen MR) is 91.2 cm³/mol. The summed E-state index contributed by atoms with van der Waals surface area (Å²) in [4.78, 5) is 3.33. The normalized spacial score (nSPS) is 13.9. The third-order valence-electron chi connectivity index (χ3n) is 2.97. The van der Waals surface area contributed by atoms with E-state index in [0.29, 0.717) is 5.56 Å². The van der Waals surface area contributed by atoms with Gasteiger partial charge in [0.15, 0.2) is 11.4 Å². The second-order valence-electron chi connectivity index (χ2n) is 6.12. The average Bonchev–Trinajstić information content (AvgIpc) is 2.52. The molecule has 0 saturated carbocycles. The van der Waals surface area contributed by atoms with Crippen molar-refractivity contribution in [1.82, 2.24) is 4.98 Å². The molecule has 1 heterocycles. The highest BCUT2D eigenvalue weighted by molar-refractivity contribution is 7.91. The molecule has 0 aliphatic rings. The molecule has 0 bridgehead atoms. The van der Waals surface area contributed by atoms with E-state index in [1.807, 2.05) is 20.8 Å². The predicted octanol–water partition coefficient (Wildman–Crippen LogP) is 4.77. The Balaban J connectivity index is 2.13. The lowest BCUT2D eigenvalue weighted by Gasteiger charge is -2.17. The van der Waals surface area contributed by atoms with Crippen LogP contribution in [0.1, 0.15) is 32.0 Å². The van der Waals surface area contributed by atoms with Gasteiger partial charge < -0.3 is 9.29 Å². The van der Waals surface area contributed by atoms with Crippen LogP contribution in [0.15, 0.2) is 47.0 Å². The molecule has 4 nitrogen and oxygen atoms in total. The molecule has 0 amide bonds. The van der Waals surface area contributed by atoms with Crippen molar-refractivity contribution in [1.29, 1.82) is 0 Å². The van der Waals surface area contributed by atoms with E-state index in [1.165, 1.54) is 30.5 Å². The summed E-state index contributed by atoms with van der Waals surface area (Å²) in [5, 5.41) is 0. The highest BCUT2D eigenvalue weighted by atomic mass is 32.2. The molecule has 2 aromatic rings. The van der Waals surface area contributed by atoms with Crippen LogP contribution in [-0.4, -0.2) is 20.5 Å². The largest absolute Gasteiger partial charge is 0.591 e. The van der Waals surface area contributed by atoms with E-state index in [9.17, 15) is 17.7 Å². The SMILES string of the molecule is CC(C)(C)[S@@+]([O-])/N=C/c1ccc(Oc2cccnc2C(F)(F)F)cc1. The third kappa shape index (κ3) is 5.47. The Hall–Kier alpha value is -2.06. The molecule has 0 aliphatic heterocycles. The van der Waals surface area contributed by atoms with Gasteiger partial charge in [0.05, 0.1) is 6.21 Å². The molecular formula is C17H17F3N2O2S. The number of nitrogens with zero attached hydrogens (tertiary/aromatic N) is 2. The summed E-state index contributed by atoms with van der Waals surface area (Å²) in [6.07, 6.45) is -2.08. The van der Waals surface area contributed by atoms with Crippen LogP contribution in [0.5, 0.6) is 11.5 Å². The van der Waals surface area contributed by atoms with Gasteiger partial charge in [0, 0.05) is 6.20 Å². The van der Waals surface area contributed by atoms with E-state index < -0.39 is 28.0 Å². The van der Waals surface area contributed by atoms with Crippen LogP contribution in [-0.2, 0) is 17.5 Å². The van der Waals surface area contributed by atoms with Gasteiger partial charge in [-0.15, -0.1) is 0 Å². The van der Waals surface area contributed by atoms with E-state index in [4.69, 9.17) is 4.74 Å². The van der Waals surface area contributed by atoms with Crippen molar-refractivity contribution in [2.24, 2.45) is 4.40 Å². The highest BCUT2D eigenvalue weighted by Gasteiger charge is 2.36. The second kappa shape index (κ2) is 7.45. The molecule has 0 N–H and O–H groups in total. The first-order valence-corrected chi connectivity index (χ1v) is 8.44. The first-order chi connectivity index (χ1) is 11.6. The summed E-state index contributed by atoms with van der Waals surface area (Å²) in [7, 11) is 0. The van der Waals surface area contributed by atoms with Crippen LogP contribution in [0.25, 0.3) is 0 Å². The molecule has 134 valence electrons. The van der Waals surface area contributed by atoms with Crippen LogP contribution < -0.4 is 4.74 Å². The minimum Gasteiger partial charge on any atom is -0.591 e. The van der Waals surface area contributed by atoms with Gasteiger partial charge in [-0.1, -0.05) is 4.40 Å². The summed E-state index contributed by atoms with van der Waals surface area (Å²) < 4.78 is 59.3. The summed E-state index contributed by atoms with van der Waals surface area (Å²) >= 11 is -1.38. The Labute approximate surface area is 147 Å². The number of rotatable bonds is 4. The Bertz CT molecular complexity index is 741. The molecule has 0 saturated heterocycles. The minimum absolute atomic E-state index is 0.229. The Kier molecular flexibility index (Phi) is 5.74. The Morgan fingerprint density at radius 2 is 1.76 bits per heavy atom. The van der Waals surface area contributed by atoms with E-state index in [0.717, 1.165) is 6.20 Å². The standard InChI is InChI=1S/C17H17F3N2O2S/c1-16(2,3)25(23)22-11-12-6-8-13(9-7-12)24-14-5-4-10-21-15(14)17(18,19)20/h4-11H,1-3H3/b22-11+/t25-/m1/s1. The number of ether oxygens (including phenoxy) is 1. The van der Waals surface area contributed by atoms with E-state index in [-0.39, 0.29) is 11.5 Å². The van der Waals surface area contributed by atoms with Crippen molar-refractivity contribution in [3.05, 3.63) is 53.9 Å². The first kappa shape index (κ1) is 19.3. The van der Waals surface area contributed by atoms with Crippen molar-refractivity contribution in [2.75, 3.05) is 0 Å². The number of halogens is 3. The molecule has 1 atom stereocenters. The monoisotopic (exact) mass is 370 g/mol. The van der Waals surface area contributed by atoms with Crippen LogP contribution >= 0.6 is 0 Å². The van der Waals surface area contributed by atoms with Gasteiger partial charge in [0.1, 0.15) is 21.9 Å². The number of alkyl halides is 3. The van der Waals surface area contributed by atoms with Gasteiger partial charge in [0.2, 0.25) is 0 Å². The lowest BCUT2D eigenvalue weighted by atomic mass is 10.2. The Morgan fingerprint density at radius 3 is 2.32 bits per heavy atom. The quantitative estimate of drug-likeness (QED) is 0.575. The van der Waals surface area contributed by atoms with Crippen LogP contribution in [0.4, 0.5) is 13.2 Å². The number of pyridine rings is 1. The van der Waals surface area contributed by atoms with Crippen LogP contribution in [0.3, 0.4) is 0 Å². The lowest BCUT2D eigenvalue weighted by Crippen LogP contribution is -2.25. The molecule has 1 aromatic carbocycles. The maximum Gasteiger partial charge on any atom is 0.437 e. The molecule has 0 aliphatic carbocycles. The van der Waals surface area contributed by atoms with Crippen molar-refractivity contribution < 1.29 is 22.5 Å². The number of hydrogen-bond donors (Lipinski definition) is 0. The van der Waals surface area contributed by atoms with Crippen molar-refractivity contribution in [2.45, 2.75) is 31.7 Å². The number of benzene rings is 1. The summed E-state index contributed by atoms with van der Waals surface area (Å²) in [5.41, 5.74) is -0.423. The van der Waals surface area contributed by atoms with E-state index >= 15 is 0 Å². The van der Waals surface area contributed by atoms with E-state index in [1.54, 1.807) is 12.1 Å². The van der Waals surface area contributed by atoms with Gasteiger partial charge in [-0.2, -0.15) is 13.2 Å². The number of hydrogen-bond acceptors (Lipinski definition) is 4. The zero-order chi connectivity index (χ0) is 18.7. The summed E-state index contributed by atoms with van der Waals surface area (Å²) in [6, 6.07) is 8.82. The maximum absolute atomic E-state index is 12.9. The van der Waals surface area contributed by atoms with Gasteiger partial charge in [-0.25, -0.2) is 4.98 Å². The second-order valence-corrected chi connectivity index (χ2v) is 8.05. The van der Waals surface area contributed by atoms with Gasteiger partial charge in [0.25, 0.3) is 0 Å². The van der Waals surface area contributed by atoms with Gasteiger partial charge >= 0.3 is 6.18 Å². The van der Waals surface area contributed by atoms with Crippen molar-refractivity contribution >= 4 is 17.6 Å². The van der Waals surface area contributed by atoms with Crippen LogP contribution in [0, 0.1) is 0 Å². The van der Waals surface area contributed by atoms with Gasteiger partial charge in [-0.3, -0.25) is 0 Å². The molecule has 1 aromatic heterocycles. The van der Waals surface area contributed by atoms with Gasteiger partial charge in [-0.05, 0) is 62.7 Å². The average molecular weight is 370 g/mol. The van der Waals surface area contributed by atoms with E-state index in [2.05, 4.69) is 9.38 Å². The zero-order valence-electron chi connectivity index (χ0n) is 13.9. The fourth-order valence-corrected chi connectivity index (χ4v) is 2.24. The minimum atomic E-state index is -4.60. The highest BCUT2D eigenvalue weighted by Crippen LogP contribution is 2.36. The van der Waals surface area contributed by atoms with Crippen LogP contribution in [0.2, 0.25) is 0 Å². The molecule has 0 spiro atoms. The first-order valence-electron chi connectivity index (χ1n) is 7.33. The fourth-order valence-electron chi connectivity index (χ4n) is 1.70. The fraction of sp³-hybridized carbons (Fsp3) is 0.294. The number of aromatic nitrogens is 1. The zero-order valence-corrected chi connectivity index (χ0v) is 14.7. The molecular weight excluding hydrogens is 353 g/mol. The molecule has 2 rings (SSSR count). The van der Waals surface area contributed by atoms with Crippen molar-refractivity contribution in [3.8, 4) is 11.5 Å². The molecule has 0 radical (unpaired) electrons. The molecule has 0 fully saturated rings. The van der Waals surface area contributed by atoms with Crippen molar-refractivity contribution in [3.63, 3.8) is 0 Å².